The molecule has 240 valence electrons. The number of nitrogen functional groups attached to an aromatic ring is 1. The maximum absolute atomic E-state index is 12.2. The molecule has 0 spiro atoms. The van der Waals surface area contributed by atoms with Gasteiger partial charge in [-0.25, -0.2) is 0 Å². The first-order valence-electron chi connectivity index (χ1n) is 11.8. The van der Waals surface area contributed by atoms with Crippen LogP contribution in [0.5, 0.6) is 11.5 Å². The Kier molecular flexibility index (Phi) is 8.15. The van der Waals surface area contributed by atoms with Gasteiger partial charge in [-0.2, -0.15) is 40.2 Å². The van der Waals surface area contributed by atoms with E-state index in [9.17, 15) is 49.1 Å². The molecular weight excluding hydrogens is 717 g/mol. The number of nitrogens with one attached hydrogen (secondary N) is 1. The number of azo groups is 1. The van der Waals surface area contributed by atoms with E-state index < -0.39 is 84.4 Å². The summed E-state index contributed by atoms with van der Waals surface area (Å²) in [6.45, 7) is 0. The fourth-order valence-corrected chi connectivity index (χ4v) is 6.84. The average molecular weight is 733 g/mol. The number of aromatic hydroxyl groups is 2. The number of benzene rings is 4. The molecule has 0 unspecified atom stereocenters. The van der Waals surface area contributed by atoms with E-state index in [1.165, 1.54) is 18.2 Å². The minimum atomic E-state index is -5.16. The van der Waals surface area contributed by atoms with Gasteiger partial charge in [-0.05, 0) is 53.5 Å². The highest BCUT2D eigenvalue weighted by Crippen LogP contribution is 2.45. The molecule has 0 saturated carbocycles. The molecule has 0 saturated heterocycles. The second-order valence-electron chi connectivity index (χ2n) is 9.09. The zero-order valence-corrected chi connectivity index (χ0v) is 26.0. The molecule has 0 bridgehead atoms. The molecule has 0 radical (unpaired) electrons. The minimum absolute atomic E-state index is 0.101. The molecule has 0 atom stereocenters. The molecule has 4 aromatic carbocycles. The van der Waals surface area contributed by atoms with Crippen molar-refractivity contribution in [1.29, 1.82) is 0 Å². The molecule has 0 amide bonds. The topological polar surface area (TPSA) is 305 Å². The van der Waals surface area contributed by atoms with Crippen molar-refractivity contribution in [2.75, 3.05) is 11.1 Å². The molecule has 0 fully saturated rings. The molecule has 46 heavy (non-hydrogen) atoms. The normalized spacial score (nSPS) is 12.7. The Balaban J connectivity index is 1.70. The highest BCUT2D eigenvalue weighted by molar-refractivity contribution is 7.87. The number of anilines is 3. The van der Waals surface area contributed by atoms with Gasteiger partial charge in [0.05, 0.1) is 11.1 Å². The van der Waals surface area contributed by atoms with Crippen LogP contribution in [0.3, 0.4) is 0 Å². The summed E-state index contributed by atoms with van der Waals surface area (Å²) in [4.78, 5) is 8.35. The average Bonchev–Trinajstić information content (AvgIpc) is 2.90. The molecular formula is C23H15Cl2N7O11S3. The van der Waals surface area contributed by atoms with Crippen LogP contribution in [0, 0.1) is 0 Å². The van der Waals surface area contributed by atoms with Gasteiger partial charge in [-0.3, -0.25) is 13.7 Å². The second kappa shape index (κ2) is 11.4. The molecule has 8 N–H and O–H groups in total. The van der Waals surface area contributed by atoms with Crippen molar-refractivity contribution in [2.24, 2.45) is 10.2 Å². The molecule has 1 aromatic heterocycles. The van der Waals surface area contributed by atoms with E-state index in [-0.39, 0.29) is 33.0 Å². The van der Waals surface area contributed by atoms with E-state index in [1.54, 1.807) is 0 Å². The number of fused-ring (bicyclic) bond motifs is 2. The number of nitrogens with two attached hydrogens (primary N) is 1. The van der Waals surface area contributed by atoms with Crippen LogP contribution in [0.4, 0.5) is 28.7 Å². The van der Waals surface area contributed by atoms with E-state index in [0.717, 1.165) is 12.1 Å². The van der Waals surface area contributed by atoms with Crippen molar-refractivity contribution >= 4 is 104 Å². The molecule has 0 aliphatic carbocycles. The summed E-state index contributed by atoms with van der Waals surface area (Å²) in [5.74, 6) is -1.88. The molecule has 0 aliphatic heterocycles. The van der Waals surface area contributed by atoms with Crippen LogP contribution in [0.15, 0.2) is 67.4 Å². The summed E-state index contributed by atoms with van der Waals surface area (Å²) in [5, 5.41) is 30.1. The SMILES string of the molecule is Nc1c(S(=O)(=O)O)cc(S(=O)(=O)O)c2ccc(N=Nc3c(O)cc(S(=O)(=O)O)c4cc(Nc5nc(Cl)nc(Cl)n5)ccc34)c(O)c12. The van der Waals surface area contributed by atoms with Crippen molar-refractivity contribution in [1.82, 2.24) is 15.0 Å². The monoisotopic (exact) mass is 731 g/mol. The third kappa shape index (κ3) is 6.29. The summed E-state index contributed by atoms with van der Waals surface area (Å²) < 4.78 is 101. The van der Waals surface area contributed by atoms with Gasteiger partial charge in [0, 0.05) is 27.9 Å². The summed E-state index contributed by atoms with van der Waals surface area (Å²) in [6.07, 6.45) is 0. The summed E-state index contributed by atoms with van der Waals surface area (Å²) in [6, 6.07) is 6.90. The number of hydrogen-bond acceptors (Lipinski definition) is 15. The third-order valence-electron chi connectivity index (χ3n) is 6.20. The maximum atomic E-state index is 12.2. The standard InChI is InChI=1S/C23H15Cl2N7O11S3/c24-21-28-22(25)30-23(29-21)27-8-1-2-9-11(5-8)14(44(35,36)37)6-13(33)19(9)32-31-12-4-3-10-15(45(38,39)40)7-16(46(41,42)43)18(26)17(10)20(12)34/h1-7,33-34H,26H2,(H,35,36,37)(H,38,39,40)(H,41,42,43)(H,27,28,29,30). The highest BCUT2D eigenvalue weighted by atomic mass is 35.5. The number of phenols is 2. The smallest absolute Gasteiger partial charge is 0.296 e. The number of nitrogens with zero attached hydrogens (tertiary/aromatic N) is 5. The van der Waals surface area contributed by atoms with Crippen molar-refractivity contribution in [2.45, 2.75) is 14.7 Å². The van der Waals surface area contributed by atoms with Crippen molar-refractivity contribution in [3.8, 4) is 11.5 Å². The van der Waals surface area contributed by atoms with Gasteiger partial charge in [0.15, 0.2) is 5.75 Å². The lowest BCUT2D eigenvalue weighted by Crippen LogP contribution is -2.08. The predicted molar refractivity (Wildman–Crippen MR) is 162 cm³/mol. The zero-order valence-electron chi connectivity index (χ0n) is 22.0. The zero-order chi connectivity index (χ0) is 33.9. The molecule has 1 heterocycles. The van der Waals surface area contributed by atoms with Gasteiger partial charge < -0.3 is 21.3 Å². The summed E-state index contributed by atoms with van der Waals surface area (Å²) >= 11 is 11.6. The van der Waals surface area contributed by atoms with E-state index in [1.807, 2.05) is 0 Å². The van der Waals surface area contributed by atoms with Gasteiger partial charge in [0.2, 0.25) is 16.5 Å². The third-order valence-corrected chi connectivity index (χ3v) is 9.22. The van der Waals surface area contributed by atoms with E-state index >= 15 is 0 Å². The largest absolute Gasteiger partial charge is 0.506 e. The van der Waals surface area contributed by atoms with Crippen molar-refractivity contribution < 1.29 is 49.1 Å². The molecule has 18 nitrogen and oxygen atoms in total. The van der Waals surface area contributed by atoms with Crippen LogP contribution >= 0.6 is 23.2 Å². The van der Waals surface area contributed by atoms with E-state index in [0.29, 0.717) is 12.1 Å². The number of hydrogen-bond donors (Lipinski definition) is 7. The Morgan fingerprint density at radius 1 is 0.696 bits per heavy atom. The number of rotatable bonds is 7. The van der Waals surface area contributed by atoms with Crippen LogP contribution in [0.25, 0.3) is 21.5 Å². The van der Waals surface area contributed by atoms with Crippen LogP contribution in [-0.4, -0.2) is 64.1 Å². The van der Waals surface area contributed by atoms with Crippen LogP contribution in [-0.2, 0) is 30.4 Å². The second-order valence-corrected chi connectivity index (χ2v) is 13.9. The highest BCUT2D eigenvalue weighted by Gasteiger charge is 2.27. The van der Waals surface area contributed by atoms with Crippen LogP contribution in [0.1, 0.15) is 0 Å². The lowest BCUT2D eigenvalue weighted by atomic mass is 10.1. The molecule has 23 heteroatoms. The first kappa shape index (κ1) is 32.9. The Hall–Kier alpha value is -4.48. The molecule has 5 aromatic rings. The van der Waals surface area contributed by atoms with Gasteiger partial charge in [-0.1, -0.05) is 6.07 Å². The number of phenolic OH excluding ortho intramolecular Hbond substituents is 2. The van der Waals surface area contributed by atoms with Gasteiger partial charge in [0.1, 0.15) is 31.8 Å². The van der Waals surface area contributed by atoms with Crippen molar-refractivity contribution in [3.63, 3.8) is 0 Å². The lowest BCUT2D eigenvalue weighted by Gasteiger charge is -2.13. The minimum Gasteiger partial charge on any atom is -0.506 e. The quantitative estimate of drug-likeness (QED) is 0.0693. The summed E-state index contributed by atoms with van der Waals surface area (Å²) in [5.41, 5.74) is 4.31. The van der Waals surface area contributed by atoms with E-state index in [2.05, 4.69) is 30.5 Å². The van der Waals surface area contributed by atoms with Crippen molar-refractivity contribution in [3.05, 3.63) is 53.0 Å². The number of halogens is 2. The van der Waals surface area contributed by atoms with Gasteiger partial charge >= 0.3 is 0 Å². The Labute approximate surface area is 267 Å². The van der Waals surface area contributed by atoms with Gasteiger partial charge in [0.25, 0.3) is 30.4 Å². The predicted octanol–water partition coefficient (Wildman–Crippen LogP) is 4.38. The Morgan fingerprint density at radius 2 is 1.26 bits per heavy atom. The molecule has 5 rings (SSSR count). The first-order chi connectivity index (χ1) is 21.3. The molecule has 0 aliphatic rings. The first-order valence-corrected chi connectivity index (χ1v) is 16.9. The fraction of sp³-hybridized carbons (Fsp3) is 0. The van der Waals surface area contributed by atoms with Crippen LogP contribution < -0.4 is 11.1 Å². The Bertz CT molecular complexity index is 2480. The number of aromatic nitrogens is 3. The Morgan fingerprint density at radius 3 is 1.85 bits per heavy atom. The van der Waals surface area contributed by atoms with Gasteiger partial charge in [-0.15, -0.1) is 10.2 Å². The maximum Gasteiger partial charge on any atom is 0.296 e. The van der Waals surface area contributed by atoms with Crippen LogP contribution in [0.2, 0.25) is 10.6 Å². The summed E-state index contributed by atoms with van der Waals surface area (Å²) in [7, 11) is -15.2. The lowest BCUT2D eigenvalue weighted by molar-refractivity contribution is 0.468. The fourth-order valence-electron chi connectivity index (χ4n) is 4.34. The van der Waals surface area contributed by atoms with E-state index in [4.69, 9.17) is 28.9 Å².